The lowest BCUT2D eigenvalue weighted by Crippen LogP contribution is -2.23. The van der Waals surface area contributed by atoms with E-state index in [4.69, 9.17) is 0 Å². The van der Waals surface area contributed by atoms with Crippen molar-refractivity contribution in [3.63, 3.8) is 0 Å². The molecule has 0 atom stereocenters. The maximum absolute atomic E-state index is 12.1. The molecule has 2 aromatic carbocycles. The third-order valence-corrected chi connectivity index (χ3v) is 3.60. The van der Waals surface area contributed by atoms with E-state index in [1.165, 1.54) is 0 Å². The van der Waals surface area contributed by atoms with Gasteiger partial charge in [-0.05, 0) is 48.5 Å². The molecule has 0 heterocycles. The lowest BCUT2D eigenvalue weighted by atomic mass is 10.2. The Morgan fingerprint density at radius 1 is 0.875 bits per heavy atom. The first-order valence-corrected chi connectivity index (χ1v) is 7.79. The standard InChI is InChI=1S/C20H23N3O/c1-22(2)18-11-7-16(8-12-18)6-5-15-21-20(24)17-9-13-19(14-10-17)23(3)4/h7-14H,15H2,1-4H3,(H,21,24). The van der Waals surface area contributed by atoms with Crippen LogP contribution in [-0.2, 0) is 0 Å². The van der Waals surface area contributed by atoms with E-state index in [9.17, 15) is 4.79 Å². The van der Waals surface area contributed by atoms with E-state index in [0.29, 0.717) is 12.1 Å². The Bertz CT molecular complexity index is 735. The molecule has 0 unspecified atom stereocenters. The number of benzene rings is 2. The zero-order valence-corrected chi connectivity index (χ0v) is 14.6. The van der Waals surface area contributed by atoms with Gasteiger partial charge in [0.2, 0.25) is 0 Å². The summed E-state index contributed by atoms with van der Waals surface area (Å²) in [6.45, 7) is 0.323. The Morgan fingerprint density at radius 2 is 1.38 bits per heavy atom. The molecule has 1 amide bonds. The SMILES string of the molecule is CN(C)c1ccc(C#CCNC(=O)c2ccc(N(C)C)cc2)cc1. The maximum atomic E-state index is 12.1. The fourth-order valence-electron chi connectivity index (χ4n) is 2.13. The molecule has 1 N–H and O–H groups in total. The quantitative estimate of drug-likeness (QED) is 0.879. The first-order chi connectivity index (χ1) is 11.5. The molecule has 4 nitrogen and oxygen atoms in total. The summed E-state index contributed by atoms with van der Waals surface area (Å²) in [4.78, 5) is 16.1. The van der Waals surface area contributed by atoms with E-state index in [0.717, 1.165) is 16.9 Å². The summed E-state index contributed by atoms with van der Waals surface area (Å²) in [5, 5.41) is 2.81. The number of carbonyl (C=O) groups is 1. The zero-order chi connectivity index (χ0) is 17.5. The van der Waals surface area contributed by atoms with Crippen molar-refractivity contribution in [3.8, 4) is 11.8 Å². The van der Waals surface area contributed by atoms with Crippen molar-refractivity contribution < 1.29 is 4.79 Å². The van der Waals surface area contributed by atoms with Crippen LogP contribution in [0.3, 0.4) is 0 Å². The monoisotopic (exact) mass is 321 g/mol. The minimum atomic E-state index is -0.113. The molecule has 0 spiro atoms. The molecule has 2 rings (SSSR count). The molecule has 0 saturated carbocycles. The lowest BCUT2D eigenvalue weighted by molar-refractivity contribution is 0.0958. The van der Waals surface area contributed by atoms with Gasteiger partial charge in [0.25, 0.3) is 5.91 Å². The van der Waals surface area contributed by atoms with Gasteiger partial charge in [-0.2, -0.15) is 0 Å². The minimum Gasteiger partial charge on any atom is -0.378 e. The normalized spacial score (nSPS) is 9.67. The predicted molar refractivity (Wildman–Crippen MR) is 101 cm³/mol. The topological polar surface area (TPSA) is 35.6 Å². The third-order valence-electron chi connectivity index (χ3n) is 3.60. The average molecular weight is 321 g/mol. The van der Waals surface area contributed by atoms with E-state index in [2.05, 4.69) is 17.2 Å². The first kappa shape index (κ1) is 17.4. The van der Waals surface area contributed by atoms with E-state index in [1.807, 2.05) is 86.5 Å². The molecular formula is C20H23N3O. The molecule has 0 saturated heterocycles. The second-order valence-electron chi connectivity index (χ2n) is 5.87. The fraction of sp³-hybridized carbons (Fsp3) is 0.250. The van der Waals surface area contributed by atoms with Crippen LogP contribution in [0.5, 0.6) is 0 Å². The van der Waals surface area contributed by atoms with Gasteiger partial charge in [0.15, 0.2) is 0 Å². The van der Waals surface area contributed by atoms with Crippen LogP contribution >= 0.6 is 0 Å². The molecule has 0 fully saturated rings. The van der Waals surface area contributed by atoms with Crippen LogP contribution in [0.1, 0.15) is 15.9 Å². The van der Waals surface area contributed by atoms with Gasteiger partial charge in [-0.25, -0.2) is 0 Å². The molecule has 2 aromatic rings. The van der Waals surface area contributed by atoms with Gasteiger partial charge < -0.3 is 15.1 Å². The highest BCUT2D eigenvalue weighted by Gasteiger charge is 2.04. The summed E-state index contributed by atoms with van der Waals surface area (Å²) in [6.07, 6.45) is 0. The van der Waals surface area contributed by atoms with Crippen molar-refractivity contribution in [2.75, 3.05) is 44.5 Å². The van der Waals surface area contributed by atoms with Gasteiger partial charge in [-0.3, -0.25) is 4.79 Å². The van der Waals surface area contributed by atoms with Crippen LogP contribution < -0.4 is 15.1 Å². The lowest BCUT2D eigenvalue weighted by Gasteiger charge is -2.12. The molecule has 124 valence electrons. The number of hydrogen-bond donors (Lipinski definition) is 1. The summed E-state index contributed by atoms with van der Waals surface area (Å²) >= 11 is 0. The average Bonchev–Trinajstić information content (AvgIpc) is 2.59. The maximum Gasteiger partial charge on any atom is 0.252 e. The van der Waals surface area contributed by atoms with Gasteiger partial charge >= 0.3 is 0 Å². The van der Waals surface area contributed by atoms with Crippen molar-refractivity contribution in [1.29, 1.82) is 0 Å². The Balaban J connectivity index is 1.88. The van der Waals surface area contributed by atoms with E-state index in [-0.39, 0.29) is 5.91 Å². The highest BCUT2D eigenvalue weighted by atomic mass is 16.1. The molecule has 0 aliphatic carbocycles. The zero-order valence-electron chi connectivity index (χ0n) is 14.6. The van der Waals surface area contributed by atoms with Crippen LogP contribution in [0.15, 0.2) is 48.5 Å². The number of carbonyl (C=O) groups excluding carboxylic acids is 1. The molecule has 0 aromatic heterocycles. The number of nitrogens with zero attached hydrogens (tertiary/aromatic N) is 2. The van der Waals surface area contributed by atoms with Crippen LogP contribution in [0.25, 0.3) is 0 Å². The Morgan fingerprint density at radius 3 is 1.88 bits per heavy atom. The van der Waals surface area contributed by atoms with Crippen LogP contribution in [0, 0.1) is 11.8 Å². The van der Waals surface area contributed by atoms with E-state index in [1.54, 1.807) is 0 Å². The van der Waals surface area contributed by atoms with Crippen molar-refractivity contribution in [1.82, 2.24) is 5.32 Å². The molecular weight excluding hydrogens is 298 g/mol. The van der Waals surface area contributed by atoms with Crippen molar-refractivity contribution in [2.24, 2.45) is 0 Å². The summed E-state index contributed by atoms with van der Waals surface area (Å²) in [5.41, 5.74) is 3.77. The minimum absolute atomic E-state index is 0.113. The van der Waals surface area contributed by atoms with E-state index < -0.39 is 0 Å². The van der Waals surface area contributed by atoms with Crippen LogP contribution in [0.2, 0.25) is 0 Å². The summed E-state index contributed by atoms with van der Waals surface area (Å²) < 4.78 is 0. The van der Waals surface area contributed by atoms with E-state index >= 15 is 0 Å². The number of anilines is 2. The molecule has 4 heteroatoms. The van der Waals surface area contributed by atoms with Gasteiger partial charge in [-0.1, -0.05) is 11.8 Å². The van der Waals surface area contributed by atoms with Gasteiger partial charge in [0.05, 0.1) is 6.54 Å². The second kappa shape index (κ2) is 8.07. The summed E-state index contributed by atoms with van der Waals surface area (Å²) in [6, 6.07) is 15.5. The number of hydrogen-bond acceptors (Lipinski definition) is 3. The van der Waals surface area contributed by atoms with Gasteiger partial charge in [0, 0.05) is 50.7 Å². The van der Waals surface area contributed by atoms with Crippen LogP contribution in [0.4, 0.5) is 11.4 Å². The highest BCUT2D eigenvalue weighted by molar-refractivity contribution is 5.94. The second-order valence-corrected chi connectivity index (χ2v) is 5.87. The molecule has 0 aliphatic rings. The van der Waals surface area contributed by atoms with Crippen LogP contribution in [-0.4, -0.2) is 40.6 Å². The van der Waals surface area contributed by atoms with Gasteiger partial charge in [-0.15, -0.1) is 0 Å². The third kappa shape index (κ3) is 4.79. The Labute approximate surface area is 144 Å². The smallest absolute Gasteiger partial charge is 0.252 e. The number of rotatable bonds is 4. The van der Waals surface area contributed by atoms with Crippen molar-refractivity contribution in [2.45, 2.75) is 0 Å². The Hall–Kier alpha value is -2.93. The predicted octanol–water partition coefficient (Wildman–Crippen LogP) is 2.60. The number of amides is 1. The summed E-state index contributed by atoms with van der Waals surface area (Å²) in [7, 11) is 7.94. The van der Waals surface area contributed by atoms with Crippen molar-refractivity contribution in [3.05, 3.63) is 59.7 Å². The molecule has 24 heavy (non-hydrogen) atoms. The number of nitrogens with one attached hydrogen (secondary N) is 1. The Kier molecular flexibility index (Phi) is 5.86. The van der Waals surface area contributed by atoms with Gasteiger partial charge in [0.1, 0.15) is 0 Å². The highest BCUT2D eigenvalue weighted by Crippen LogP contribution is 2.12. The molecule has 0 aliphatic heterocycles. The molecule has 0 radical (unpaired) electrons. The first-order valence-electron chi connectivity index (χ1n) is 7.79. The molecule has 0 bridgehead atoms. The fourth-order valence-corrected chi connectivity index (χ4v) is 2.13. The summed E-state index contributed by atoms with van der Waals surface area (Å²) in [5.74, 6) is 5.92. The largest absolute Gasteiger partial charge is 0.378 e. The van der Waals surface area contributed by atoms with Crippen molar-refractivity contribution >= 4 is 17.3 Å².